The third-order valence-electron chi connectivity index (χ3n) is 9.94. The van der Waals surface area contributed by atoms with Crippen LogP contribution in [0, 0.1) is 0 Å². The van der Waals surface area contributed by atoms with E-state index < -0.39 is 0 Å². The van der Waals surface area contributed by atoms with Gasteiger partial charge in [0.2, 0.25) is 0 Å². The number of hydrogen-bond donors (Lipinski definition) is 0. The summed E-state index contributed by atoms with van der Waals surface area (Å²) in [5, 5.41) is 7.63. The van der Waals surface area contributed by atoms with Crippen molar-refractivity contribution in [3.05, 3.63) is 142 Å². The molecule has 0 amide bonds. The Morgan fingerprint density at radius 3 is 1.96 bits per heavy atom. The molecule has 47 heavy (non-hydrogen) atoms. The first-order valence-electron chi connectivity index (χ1n) is 16.3. The number of hydrogen-bond acceptors (Lipinski definition) is 4. The second-order valence-corrected chi connectivity index (χ2v) is 12.5. The SMILES string of the molecule is O=c1c2c(-c3ccccc3)nc(-c3ccc4c5ccccc5c5ccccc5c4c3)nc2nc2c3c(c4c(n12)C=CCC4)CCC=C3. The van der Waals surface area contributed by atoms with Gasteiger partial charge in [0.25, 0.3) is 5.56 Å². The highest BCUT2D eigenvalue weighted by molar-refractivity contribution is 6.25. The zero-order chi connectivity index (χ0) is 31.1. The smallest absolute Gasteiger partial charge is 0.268 e. The van der Waals surface area contributed by atoms with Crippen LogP contribution >= 0.6 is 0 Å². The van der Waals surface area contributed by atoms with Crippen LogP contribution in [0.3, 0.4) is 0 Å². The molecule has 0 aliphatic heterocycles. The lowest BCUT2D eigenvalue weighted by Gasteiger charge is -2.23. The van der Waals surface area contributed by atoms with E-state index in [9.17, 15) is 4.79 Å². The maximum absolute atomic E-state index is 14.7. The van der Waals surface area contributed by atoms with Gasteiger partial charge in [-0.15, -0.1) is 0 Å². The Morgan fingerprint density at radius 2 is 1.21 bits per heavy atom. The number of benzene rings is 5. The molecule has 3 aromatic heterocycles. The van der Waals surface area contributed by atoms with Gasteiger partial charge >= 0.3 is 0 Å². The molecule has 5 heteroatoms. The molecule has 0 bridgehead atoms. The van der Waals surface area contributed by atoms with E-state index in [0.717, 1.165) is 53.5 Å². The second kappa shape index (κ2) is 10.0. The summed E-state index contributed by atoms with van der Waals surface area (Å²) in [6.45, 7) is 0. The Morgan fingerprint density at radius 1 is 0.574 bits per heavy atom. The summed E-state index contributed by atoms with van der Waals surface area (Å²) < 4.78 is 1.81. The fraction of sp³-hybridized carbons (Fsp3) is 0.0952. The molecule has 0 fully saturated rings. The van der Waals surface area contributed by atoms with Gasteiger partial charge in [-0.1, -0.05) is 109 Å². The summed E-state index contributed by atoms with van der Waals surface area (Å²) in [5.74, 6) is 0.550. The van der Waals surface area contributed by atoms with Crippen LogP contribution in [0.1, 0.15) is 35.2 Å². The molecule has 0 spiro atoms. The minimum Gasteiger partial charge on any atom is -0.268 e. The topological polar surface area (TPSA) is 60.2 Å². The van der Waals surface area contributed by atoms with Crippen LogP contribution in [0.2, 0.25) is 0 Å². The van der Waals surface area contributed by atoms with Gasteiger partial charge in [0, 0.05) is 16.7 Å². The van der Waals surface area contributed by atoms with E-state index in [0.29, 0.717) is 28.2 Å². The van der Waals surface area contributed by atoms with Crippen molar-refractivity contribution < 1.29 is 0 Å². The van der Waals surface area contributed by atoms with Crippen molar-refractivity contribution in [3.8, 4) is 22.6 Å². The molecule has 2 aliphatic carbocycles. The number of fused-ring (bicyclic) bond motifs is 13. The van der Waals surface area contributed by atoms with Crippen molar-refractivity contribution in [1.82, 2.24) is 19.4 Å². The van der Waals surface area contributed by atoms with E-state index in [1.165, 1.54) is 38.1 Å². The van der Waals surface area contributed by atoms with Crippen LogP contribution in [0.25, 0.3) is 83.8 Å². The summed E-state index contributed by atoms with van der Waals surface area (Å²) in [6.07, 6.45) is 12.4. The molecule has 2 aliphatic rings. The minimum absolute atomic E-state index is 0.129. The molecule has 0 saturated heterocycles. The van der Waals surface area contributed by atoms with E-state index >= 15 is 0 Å². The molecule has 5 nitrogen and oxygen atoms in total. The Balaban J connectivity index is 1.31. The summed E-state index contributed by atoms with van der Waals surface area (Å²) in [4.78, 5) is 30.2. The average Bonchev–Trinajstić information content (AvgIpc) is 3.14. The van der Waals surface area contributed by atoms with E-state index in [1.54, 1.807) is 0 Å². The standard InChI is InChI=1S/C42H28N4O/c47-42-37-38(25-12-2-1-3-13-25)43-39(26-22-23-32-29-16-5-4-14-27(29)28-15-6-7-17-30(28)35(32)24-26)44-40(37)45-41-34-20-9-8-18-31(34)33-19-10-11-21-36(33)46(41)42/h1-7,9,11-17,20-24H,8,10,18-19H2. The van der Waals surface area contributed by atoms with Crippen LogP contribution in [0.15, 0.2) is 114 Å². The predicted molar refractivity (Wildman–Crippen MR) is 193 cm³/mol. The molecular weight excluding hydrogens is 576 g/mol. The lowest BCUT2D eigenvalue weighted by Crippen LogP contribution is -2.24. The highest BCUT2D eigenvalue weighted by Crippen LogP contribution is 2.38. The highest BCUT2D eigenvalue weighted by Gasteiger charge is 2.25. The Bertz CT molecular complexity index is 2720. The zero-order valence-electron chi connectivity index (χ0n) is 25.6. The molecule has 0 radical (unpaired) electrons. The molecule has 0 unspecified atom stereocenters. The first kappa shape index (κ1) is 26.3. The van der Waals surface area contributed by atoms with E-state index in [2.05, 4.69) is 91.0 Å². The molecule has 222 valence electrons. The van der Waals surface area contributed by atoms with Crippen molar-refractivity contribution in [2.45, 2.75) is 25.7 Å². The fourth-order valence-corrected chi connectivity index (χ4v) is 7.82. The van der Waals surface area contributed by atoms with Gasteiger partial charge < -0.3 is 0 Å². The Hall–Kier alpha value is -5.94. The number of nitrogens with zero attached hydrogens (tertiary/aromatic N) is 4. The average molecular weight is 605 g/mol. The van der Waals surface area contributed by atoms with Crippen molar-refractivity contribution >= 4 is 61.1 Å². The van der Waals surface area contributed by atoms with Gasteiger partial charge in [-0.3, -0.25) is 9.20 Å². The molecule has 0 saturated carbocycles. The first-order chi connectivity index (χ1) is 23.2. The molecular formula is C42H28N4O. The third-order valence-corrected chi connectivity index (χ3v) is 9.94. The number of allylic oxidation sites excluding steroid dienone is 2. The van der Waals surface area contributed by atoms with Crippen LogP contribution in [-0.4, -0.2) is 19.4 Å². The fourth-order valence-electron chi connectivity index (χ4n) is 7.82. The Labute approximate surface area is 270 Å². The summed E-state index contributed by atoms with van der Waals surface area (Å²) in [7, 11) is 0. The number of aromatic nitrogens is 4. The minimum atomic E-state index is -0.129. The maximum atomic E-state index is 14.7. The maximum Gasteiger partial charge on any atom is 0.270 e. The molecule has 0 N–H and O–H groups in total. The first-order valence-corrected chi connectivity index (χ1v) is 16.3. The van der Waals surface area contributed by atoms with Crippen molar-refractivity contribution in [2.24, 2.45) is 0 Å². The second-order valence-electron chi connectivity index (χ2n) is 12.5. The van der Waals surface area contributed by atoms with Gasteiger partial charge in [-0.2, -0.15) is 0 Å². The van der Waals surface area contributed by atoms with Gasteiger partial charge in [-0.05, 0) is 81.3 Å². The van der Waals surface area contributed by atoms with Crippen molar-refractivity contribution in [1.29, 1.82) is 0 Å². The van der Waals surface area contributed by atoms with Crippen molar-refractivity contribution in [2.75, 3.05) is 0 Å². The van der Waals surface area contributed by atoms with Gasteiger partial charge in [0.15, 0.2) is 11.5 Å². The summed E-state index contributed by atoms with van der Waals surface area (Å²) in [6, 6.07) is 33.6. The van der Waals surface area contributed by atoms with Crippen LogP contribution in [0.4, 0.5) is 0 Å². The molecule has 3 heterocycles. The van der Waals surface area contributed by atoms with Crippen molar-refractivity contribution in [3.63, 3.8) is 0 Å². The van der Waals surface area contributed by atoms with Crippen LogP contribution in [0.5, 0.6) is 0 Å². The van der Waals surface area contributed by atoms with Crippen LogP contribution in [-0.2, 0) is 12.8 Å². The molecule has 0 atom stereocenters. The van der Waals surface area contributed by atoms with Crippen LogP contribution < -0.4 is 5.56 Å². The third kappa shape index (κ3) is 3.83. The van der Waals surface area contributed by atoms with E-state index in [-0.39, 0.29) is 5.56 Å². The lowest BCUT2D eigenvalue weighted by atomic mass is 9.88. The van der Waals surface area contributed by atoms with Gasteiger partial charge in [0.05, 0.1) is 11.4 Å². The summed E-state index contributed by atoms with van der Waals surface area (Å²) >= 11 is 0. The Kier molecular flexibility index (Phi) is 5.61. The van der Waals surface area contributed by atoms with Gasteiger partial charge in [0.1, 0.15) is 11.0 Å². The normalized spacial score (nSPS) is 14.0. The molecule has 8 aromatic rings. The quantitative estimate of drug-likeness (QED) is 0.146. The highest BCUT2D eigenvalue weighted by atomic mass is 16.1. The largest absolute Gasteiger partial charge is 0.270 e. The molecule has 5 aromatic carbocycles. The van der Waals surface area contributed by atoms with E-state index in [1.807, 2.05) is 34.7 Å². The number of rotatable bonds is 2. The van der Waals surface area contributed by atoms with Gasteiger partial charge in [-0.25, -0.2) is 15.0 Å². The zero-order valence-corrected chi connectivity index (χ0v) is 25.6. The number of pyridine rings is 1. The monoisotopic (exact) mass is 604 g/mol. The summed E-state index contributed by atoms with van der Waals surface area (Å²) in [5.41, 5.74) is 7.85. The lowest BCUT2D eigenvalue weighted by molar-refractivity contribution is 0.869. The predicted octanol–water partition coefficient (Wildman–Crippen LogP) is 9.35. The van der Waals surface area contributed by atoms with E-state index in [4.69, 9.17) is 15.0 Å². The molecule has 10 rings (SSSR count).